The third-order valence-corrected chi connectivity index (χ3v) is 4.28. The van der Waals surface area contributed by atoms with Gasteiger partial charge in [-0.2, -0.15) is 13.2 Å². The summed E-state index contributed by atoms with van der Waals surface area (Å²) in [6, 6.07) is 5.00. The van der Waals surface area contributed by atoms with Crippen molar-refractivity contribution in [3.63, 3.8) is 0 Å². The van der Waals surface area contributed by atoms with Gasteiger partial charge in [-0.3, -0.25) is 4.79 Å². The summed E-state index contributed by atoms with van der Waals surface area (Å²) in [6.07, 6.45) is -9.16. The second kappa shape index (κ2) is 8.34. The number of hydrogen-bond acceptors (Lipinski definition) is 4. The van der Waals surface area contributed by atoms with Crippen LogP contribution in [0.15, 0.2) is 47.9 Å². The van der Waals surface area contributed by atoms with Crippen LogP contribution < -0.4 is 9.46 Å². The van der Waals surface area contributed by atoms with Gasteiger partial charge >= 0.3 is 12.5 Å². The van der Waals surface area contributed by atoms with Gasteiger partial charge in [-0.15, -0.1) is 13.2 Å². The summed E-state index contributed by atoms with van der Waals surface area (Å²) in [4.78, 5) is 12.0. The summed E-state index contributed by atoms with van der Waals surface area (Å²) in [5.74, 6) is -3.49. The average molecular weight is 457 g/mol. The average Bonchev–Trinajstić information content (AvgIpc) is 2.58. The number of hydrogen-bond donors (Lipinski definition) is 1. The van der Waals surface area contributed by atoms with Crippen LogP contribution in [0.2, 0.25) is 0 Å². The molecule has 0 atom stereocenters. The highest BCUT2D eigenvalue weighted by Crippen LogP contribution is 2.32. The highest BCUT2D eigenvalue weighted by Gasteiger charge is 2.36. The molecule has 0 saturated heterocycles. The number of ether oxygens (including phenoxy) is 1. The van der Waals surface area contributed by atoms with E-state index in [1.165, 1.54) is 4.72 Å². The number of halogens is 7. The zero-order valence-corrected chi connectivity index (χ0v) is 15.2. The molecular formula is C17H10F7NO4S. The van der Waals surface area contributed by atoms with Gasteiger partial charge in [0.15, 0.2) is 0 Å². The number of alkyl halides is 6. The molecule has 162 valence electrons. The Labute approximate surface area is 164 Å². The van der Waals surface area contributed by atoms with Gasteiger partial charge in [0.2, 0.25) is 0 Å². The van der Waals surface area contributed by atoms with Gasteiger partial charge in [0, 0.05) is 0 Å². The van der Waals surface area contributed by atoms with Gasteiger partial charge in [-0.1, -0.05) is 12.1 Å². The number of sulfonamides is 1. The van der Waals surface area contributed by atoms with Crippen LogP contribution in [0.4, 0.5) is 30.7 Å². The van der Waals surface area contributed by atoms with E-state index in [0.717, 1.165) is 30.3 Å². The van der Waals surface area contributed by atoms with Gasteiger partial charge in [0.05, 0.1) is 16.5 Å². The Morgan fingerprint density at radius 2 is 1.57 bits per heavy atom. The molecule has 0 saturated carbocycles. The molecule has 1 amide bonds. The van der Waals surface area contributed by atoms with E-state index in [4.69, 9.17) is 0 Å². The summed E-state index contributed by atoms with van der Waals surface area (Å²) in [5.41, 5.74) is -2.70. The van der Waals surface area contributed by atoms with Crippen molar-refractivity contribution in [3.05, 3.63) is 70.4 Å². The standard InChI is InChI=1S/C17H10F7NO4S/c18-11-3-6-13(14(9-11)16(19,20)21)15(26)25-30(27,28)8-7-10-1-4-12(5-2-10)29-17(22,23)24/h1-9H,(H,25,26)/b8-7+. The first kappa shape index (κ1) is 23.2. The topological polar surface area (TPSA) is 72.5 Å². The normalized spacial score (nSPS) is 12.8. The minimum Gasteiger partial charge on any atom is -0.406 e. The van der Waals surface area contributed by atoms with Crippen molar-refractivity contribution in [1.82, 2.24) is 4.72 Å². The number of carbonyl (C=O) groups excluding carboxylic acids is 1. The summed E-state index contributed by atoms with van der Waals surface area (Å²) in [5, 5.41) is 0.418. The maximum absolute atomic E-state index is 13.1. The second-order valence-corrected chi connectivity index (χ2v) is 7.15. The lowest BCUT2D eigenvalue weighted by Gasteiger charge is -2.12. The monoisotopic (exact) mass is 457 g/mol. The van der Waals surface area contributed by atoms with Crippen LogP contribution in [0.1, 0.15) is 21.5 Å². The molecule has 0 aliphatic rings. The van der Waals surface area contributed by atoms with E-state index >= 15 is 0 Å². The van der Waals surface area contributed by atoms with E-state index in [-0.39, 0.29) is 11.6 Å². The van der Waals surface area contributed by atoms with Crippen LogP contribution in [-0.4, -0.2) is 20.7 Å². The lowest BCUT2D eigenvalue weighted by Crippen LogP contribution is -2.30. The molecule has 0 heterocycles. The molecule has 30 heavy (non-hydrogen) atoms. The van der Waals surface area contributed by atoms with Crippen LogP contribution in [0.25, 0.3) is 6.08 Å². The molecule has 0 radical (unpaired) electrons. The fourth-order valence-corrected chi connectivity index (χ4v) is 2.89. The van der Waals surface area contributed by atoms with Gasteiger partial charge < -0.3 is 4.74 Å². The van der Waals surface area contributed by atoms with Crippen molar-refractivity contribution < 1.29 is 48.7 Å². The minimum atomic E-state index is -5.12. The summed E-state index contributed by atoms with van der Waals surface area (Å²) < 4.78 is 117. The third-order valence-electron chi connectivity index (χ3n) is 3.32. The van der Waals surface area contributed by atoms with Crippen molar-refractivity contribution in [2.45, 2.75) is 12.5 Å². The predicted octanol–water partition coefficient (Wildman–Crippen LogP) is 4.47. The predicted molar refractivity (Wildman–Crippen MR) is 89.9 cm³/mol. The molecule has 5 nitrogen and oxygen atoms in total. The Morgan fingerprint density at radius 3 is 2.10 bits per heavy atom. The lowest BCUT2D eigenvalue weighted by atomic mass is 10.1. The van der Waals surface area contributed by atoms with Gasteiger partial charge in [-0.25, -0.2) is 17.5 Å². The second-order valence-electron chi connectivity index (χ2n) is 5.58. The SMILES string of the molecule is O=C(NS(=O)(=O)/C=C/c1ccc(OC(F)(F)F)cc1)c1ccc(F)cc1C(F)(F)F. The van der Waals surface area contributed by atoms with Crippen molar-refractivity contribution in [1.29, 1.82) is 0 Å². The van der Waals surface area contributed by atoms with E-state index in [2.05, 4.69) is 4.74 Å². The molecule has 0 aromatic heterocycles. The maximum atomic E-state index is 13.1. The van der Waals surface area contributed by atoms with Crippen molar-refractivity contribution >= 4 is 22.0 Å². The molecular weight excluding hydrogens is 447 g/mol. The van der Waals surface area contributed by atoms with E-state index in [9.17, 15) is 43.9 Å². The molecule has 0 unspecified atom stereocenters. The van der Waals surface area contributed by atoms with E-state index in [0.29, 0.717) is 17.5 Å². The van der Waals surface area contributed by atoms with E-state index < -0.39 is 51.2 Å². The van der Waals surface area contributed by atoms with Gasteiger partial charge in [0.25, 0.3) is 15.9 Å². The number of rotatable bonds is 5. The first-order chi connectivity index (χ1) is 13.7. The van der Waals surface area contributed by atoms with Crippen LogP contribution in [0, 0.1) is 5.82 Å². The Morgan fingerprint density at radius 1 is 0.967 bits per heavy atom. The minimum absolute atomic E-state index is 0.0436. The zero-order chi connectivity index (χ0) is 22.7. The number of benzene rings is 2. The quantitative estimate of drug-likeness (QED) is 0.673. The Hall–Kier alpha value is -3.09. The Bertz CT molecular complexity index is 1060. The van der Waals surface area contributed by atoms with Crippen molar-refractivity contribution in [3.8, 4) is 5.75 Å². The molecule has 2 aromatic carbocycles. The first-order valence-corrected chi connectivity index (χ1v) is 9.19. The van der Waals surface area contributed by atoms with Crippen LogP contribution >= 0.6 is 0 Å². The number of nitrogens with one attached hydrogen (secondary N) is 1. The highest BCUT2D eigenvalue weighted by molar-refractivity contribution is 7.93. The molecule has 0 spiro atoms. The molecule has 0 aliphatic carbocycles. The van der Waals surface area contributed by atoms with Crippen LogP contribution in [-0.2, 0) is 16.2 Å². The van der Waals surface area contributed by atoms with Crippen molar-refractivity contribution in [2.75, 3.05) is 0 Å². The molecule has 2 aromatic rings. The molecule has 0 bridgehead atoms. The number of amides is 1. The summed E-state index contributed by atoms with van der Waals surface area (Å²) >= 11 is 0. The van der Waals surface area contributed by atoms with Crippen molar-refractivity contribution in [2.24, 2.45) is 0 Å². The van der Waals surface area contributed by atoms with Gasteiger partial charge in [0.1, 0.15) is 11.6 Å². The molecule has 13 heteroatoms. The largest absolute Gasteiger partial charge is 0.573 e. The van der Waals surface area contributed by atoms with Crippen LogP contribution in [0.5, 0.6) is 5.75 Å². The zero-order valence-electron chi connectivity index (χ0n) is 14.4. The molecule has 1 N–H and O–H groups in total. The summed E-state index contributed by atoms with van der Waals surface area (Å²) in [6.45, 7) is 0. The van der Waals surface area contributed by atoms with Gasteiger partial charge in [-0.05, 0) is 42.0 Å². The molecule has 0 fully saturated rings. The van der Waals surface area contributed by atoms with Crippen LogP contribution in [0.3, 0.4) is 0 Å². The lowest BCUT2D eigenvalue weighted by molar-refractivity contribution is -0.274. The fraction of sp³-hybridized carbons (Fsp3) is 0.118. The molecule has 2 rings (SSSR count). The highest BCUT2D eigenvalue weighted by atomic mass is 32.2. The maximum Gasteiger partial charge on any atom is 0.573 e. The summed E-state index contributed by atoms with van der Waals surface area (Å²) in [7, 11) is -4.59. The Kier molecular flexibility index (Phi) is 6.45. The molecule has 0 aliphatic heterocycles. The first-order valence-electron chi connectivity index (χ1n) is 7.64. The van der Waals surface area contributed by atoms with E-state index in [1.807, 2.05) is 0 Å². The third kappa shape index (κ3) is 6.76. The Balaban J connectivity index is 2.17. The van der Waals surface area contributed by atoms with E-state index in [1.54, 1.807) is 0 Å². The smallest absolute Gasteiger partial charge is 0.406 e. The fourth-order valence-electron chi connectivity index (χ4n) is 2.12. The number of carbonyl (C=O) groups is 1.